The molecule has 0 aromatic carbocycles. The summed E-state index contributed by atoms with van der Waals surface area (Å²) in [4.78, 5) is 28.4. The number of aliphatic hydroxyl groups is 1. The molecule has 1 aromatic rings. The van der Waals surface area contributed by atoms with Crippen LogP contribution in [-0.2, 0) is 9.53 Å². The molecule has 144 valence electrons. The van der Waals surface area contributed by atoms with Gasteiger partial charge in [-0.2, -0.15) is 0 Å². The number of ketones is 1. The van der Waals surface area contributed by atoms with E-state index in [1.807, 2.05) is 19.1 Å². The number of pyridine rings is 1. The summed E-state index contributed by atoms with van der Waals surface area (Å²) in [5, 5.41) is 10.4. The van der Waals surface area contributed by atoms with E-state index in [2.05, 4.69) is 24.9 Å². The summed E-state index contributed by atoms with van der Waals surface area (Å²) in [6.45, 7) is 8.76. The summed E-state index contributed by atoms with van der Waals surface area (Å²) in [6, 6.07) is 1.63. The van der Waals surface area contributed by atoms with Crippen LogP contribution in [0.4, 0.5) is 0 Å². The molecule has 1 aliphatic carbocycles. The van der Waals surface area contributed by atoms with Gasteiger partial charge in [-0.1, -0.05) is 49.6 Å². The number of esters is 1. The van der Waals surface area contributed by atoms with E-state index in [0.717, 1.165) is 18.9 Å². The zero-order valence-corrected chi connectivity index (χ0v) is 16.9. The maximum Gasteiger partial charge on any atom is 0.304 e. The number of hydrogen-bond acceptors (Lipinski definition) is 5. The van der Waals surface area contributed by atoms with Crippen molar-refractivity contribution in [2.45, 2.75) is 46.6 Å². The summed E-state index contributed by atoms with van der Waals surface area (Å²) < 4.78 is 5.06. The molecule has 0 amide bonds. The summed E-state index contributed by atoms with van der Waals surface area (Å²) in [5.74, 6) is -1.25. The molecule has 0 fully saturated rings. The van der Waals surface area contributed by atoms with E-state index in [-0.39, 0.29) is 10.6 Å². The average Bonchev–Trinajstić information content (AvgIpc) is 2.62. The van der Waals surface area contributed by atoms with Gasteiger partial charge in [0.1, 0.15) is 0 Å². The van der Waals surface area contributed by atoms with E-state index in [1.54, 1.807) is 6.07 Å². The molecule has 0 saturated heterocycles. The maximum atomic E-state index is 12.8. The van der Waals surface area contributed by atoms with Gasteiger partial charge in [0.05, 0.1) is 10.7 Å². The lowest BCUT2D eigenvalue weighted by Gasteiger charge is -2.31. The number of carbonyl (C=O) groups excluding carboxylic acids is 2. The Labute approximate surface area is 164 Å². The van der Waals surface area contributed by atoms with Crippen molar-refractivity contribution in [3.63, 3.8) is 0 Å². The van der Waals surface area contributed by atoms with Gasteiger partial charge < -0.3 is 9.84 Å². The van der Waals surface area contributed by atoms with Gasteiger partial charge in [0, 0.05) is 24.2 Å². The van der Waals surface area contributed by atoms with Gasteiger partial charge in [-0.05, 0) is 31.9 Å². The first kappa shape index (κ1) is 20.9. The van der Waals surface area contributed by atoms with E-state index < -0.39 is 23.1 Å². The zero-order valence-electron chi connectivity index (χ0n) is 16.2. The van der Waals surface area contributed by atoms with Gasteiger partial charge >= 0.3 is 5.97 Å². The van der Waals surface area contributed by atoms with Crippen molar-refractivity contribution in [1.82, 2.24) is 4.98 Å². The number of ether oxygens (including phenoxy) is 1. The number of carbonyl (C=O) groups is 2. The molecule has 1 aromatic heterocycles. The lowest BCUT2D eigenvalue weighted by Crippen LogP contribution is -2.44. The smallest absolute Gasteiger partial charge is 0.304 e. The Morgan fingerprint density at radius 2 is 2.07 bits per heavy atom. The number of hydrogen-bond donors (Lipinski definition) is 1. The van der Waals surface area contributed by atoms with Crippen molar-refractivity contribution in [1.29, 1.82) is 0 Å². The number of aliphatic hydroxyl groups excluding tert-OH is 1. The van der Waals surface area contributed by atoms with Crippen LogP contribution in [0.5, 0.6) is 0 Å². The molecule has 1 heterocycles. The van der Waals surface area contributed by atoms with Crippen LogP contribution in [0.3, 0.4) is 0 Å². The van der Waals surface area contributed by atoms with Gasteiger partial charge in [-0.3, -0.25) is 14.6 Å². The number of halogens is 1. The summed E-state index contributed by atoms with van der Waals surface area (Å²) >= 11 is 6.28. The molecule has 2 rings (SSSR count). The quantitative estimate of drug-likeness (QED) is 0.561. The van der Waals surface area contributed by atoms with Gasteiger partial charge in [-0.25, -0.2) is 0 Å². The summed E-state index contributed by atoms with van der Waals surface area (Å²) in [6.07, 6.45) is 8.38. The van der Waals surface area contributed by atoms with Crippen LogP contribution in [0.25, 0.3) is 11.1 Å². The Kier molecular flexibility index (Phi) is 6.26. The first-order valence-electron chi connectivity index (χ1n) is 8.80. The Hall–Kier alpha value is -2.40. The molecule has 0 unspecified atom stereocenters. The molecule has 1 aliphatic rings. The molecule has 27 heavy (non-hydrogen) atoms. The molecular formula is C21H24ClNO4. The SMILES string of the molecule is CC[C@H](C)/C=C(C)\C=C\c1cc2c(cn1)C(=O)[C@@](C)(OC(C)=O)C(O)=C2Cl. The summed E-state index contributed by atoms with van der Waals surface area (Å²) in [7, 11) is 0. The Morgan fingerprint density at radius 3 is 2.67 bits per heavy atom. The molecule has 0 bridgehead atoms. The first-order chi connectivity index (χ1) is 12.6. The van der Waals surface area contributed by atoms with E-state index in [4.69, 9.17) is 16.3 Å². The lowest BCUT2D eigenvalue weighted by molar-refractivity contribution is -0.150. The molecule has 6 heteroatoms. The number of fused-ring (bicyclic) bond motifs is 1. The van der Waals surface area contributed by atoms with Crippen molar-refractivity contribution in [2.75, 3.05) is 0 Å². The minimum absolute atomic E-state index is 0.0303. The van der Waals surface area contributed by atoms with Crippen LogP contribution in [0.15, 0.2) is 35.7 Å². The molecule has 2 atom stereocenters. The van der Waals surface area contributed by atoms with Crippen LogP contribution >= 0.6 is 11.6 Å². The molecule has 5 nitrogen and oxygen atoms in total. The van der Waals surface area contributed by atoms with Gasteiger partial charge in [-0.15, -0.1) is 0 Å². The molecule has 1 N–H and O–H groups in total. The number of allylic oxidation sites excluding steroid dienone is 3. The van der Waals surface area contributed by atoms with Crippen molar-refractivity contribution in [2.24, 2.45) is 5.92 Å². The van der Waals surface area contributed by atoms with Gasteiger partial charge in [0.25, 0.3) is 0 Å². The van der Waals surface area contributed by atoms with Crippen molar-refractivity contribution in [3.05, 3.63) is 52.6 Å². The van der Waals surface area contributed by atoms with Crippen LogP contribution in [0.2, 0.25) is 0 Å². The lowest BCUT2D eigenvalue weighted by atomic mass is 9.84. The third-order valence-corrected chi connectivity index (χ3v) is 4.94. The van der Waals surface area contributed by atoms with E-state index in [1.165, 1.54) is 13.1 Å². The number of Topliss-reactive ketones (excluding diaryl/α,β-unsaturated/α-hetero) is 1. The first-order valence-corrected chi connectivity index (χ1v) is 9.18. The second-order valence-electron chi connectivity index (χ2n) is 6.90. The summed E-state index contributed by atoms with van der Waals surface area (Å²) in [5.41, 5.74) is 0.421. The molecule has 0 spiro atoms. The normalized spacial score (nSPS) is 21.4. The Balaban J connectivity index is 2.42. The predicted molar refractivity (Wildman–Crippen MR) is 106 cm³/mol. The highest BCUT2D eigenvalue weighted by Crippen LogP contribution is 2.40. The second-order valence-corrected chi connectivity index (χ2v) is 7.28. The predicted octanol–water partition coefficient (Wildman–Crippen LogP) is 5.07. The number of aromatic nitrogens is 1. The van der Waals surface area contributed by atoms with Crippen LogP contribution in [-0.4, -0.2) is 27.4 Å². The van der Waals surface area contributed by atoms with E-state index in [9.17, 15) is 14.7 Å². The zero-order chi connectivity index (χ0) is 20.4. The van der Waals surface area contributed by atoms with Crippen molar-refractivity contribution >= 4 is 34.5 Å². The fraction of sp³-hybridized carbons (Fsp3) is 0.381. The minimum atomic E-state index is -1.84. The van der Waals surface area contributed by atoms with Gasteiger partial charge in [0.2, 0.25) is 11.4 Å². The highest BCUT2D eigenvalue weighted by molar-refractivity contribution is 6.51. The highest BCUT2D eigenvalue weighted by atomic mass is 35.5. The molecule has 0 aliphatic heterocycles. The maximum absolute atomic E-state index is 12.8. The Morgan fingerprint density at radius 1 is 1.41 bits per heavy atom. The highest BCUT2D eigenvalue weighted by Gasteiger charge is 2.48. The minimum Gasteiger partial charge on any atom is -0.506 e. The Bertz CT molecular complexity index is 869. The van der Waals surface area contributed by atoms with E-state index >= 15 is 0 Å². The fourth-order valence-electron chi connectivity index (χ4n) is 2.85. The van der Waals surface area contributed by atoms with Crippen molar-refractivity contribution < 1.29 is 19.4 Å². The third-order valence-electron chi connectivity index (χ3n) is 4.56. The molecule has 0 radical (unpaired) electrons. The largest absolute Gasteiger partial charge is 0.506 e. The number of rotatable bonds is 5. The van der Waals surface area contributed by atoms with Crippen LogP contribution < -0.4 is 0 Å². The van der Waals surface area contributed by atoms with E-state index in [0.29, 0.717) is 17.2 Å². The standard InChI is InChI=1S/C21H24ClNO4/c1-6-12(2)9-13(3)7-8-15-10-16-17(11-23-15)19(25)21(5,27-14(4)24)20(26)18(16)22/h7-12,26H,6H2,1-5H3/b8-7+,13-9-/t12-,21+/m0/s1. The van der Waals surface area contributed by atoms with Crippen molar-refractivity contribution in [3.8, 4) is 0 Å². The average molecular weight is 390 g/mol. The monoisotopic (exact) mass is 389 g/mol. The third kappa shape index (κ3) is 4.30. The van der Waals surface area contributed by atoms with Crippen LogP contribution in [0.1, 0.15) is 62.7 Å². The topological polar surface area (TPSA) is 76.5 Å². The van der Waals surface area contributed by atoms with Crippen LogP contribution in [0, 0.1) is 5.92 Å². The second kappa shape index (κ2) is 8.09. The van der Waals surface area contributed by atoms with Gasteiger partial charge in [0.15, 0.2) is 5.76 Å². The molecule has 0 saturated carbocycles. The number of nitrogens with zero attached hydrogens (tertiary/aromatic N) is 1. The molecular weight excluding hydrogens is 366 g/mol. The fourth-order valence-corrected chi connectivity index (χ4v) is 3.18.